The van der Waals surface area contributed by atoms with Crippen LogP contribution in [0.2, 0.25) is 18.1 Å². The molecule has 0 amide bonds. The first-order chi connectivity index (χ1) is 15.5. The third-order valence-electron chi connectivity index (χ3n) is 6.96. The lowest BCUT2D eigenvalue weighted by atomic mass is 9.99. The van der Waals surface area contributed by atoms with Crippen molar-refractivity contribution in [1.29, 1.82) is 0 Å². The van der Waals surface area contributed by atoms with Crippen LogP contribution in [0.3, 0.4) is 0 Å². The Bertz CT molecular complexity index is 1060. The number of carbonyl (C=O) groups is 1. The lowest BCUT2D eigenvalue weighted by molar-refractivity contribution is -0.137. The first-order valence-corrected chi connectivity index (χ1v) is 14.2. The molecule has 0 spiro atoms. The summed E-state index contributed by atoms with van der Waals surface area (Å²) in [7, 11) is -2.07. The van der Waals surface area contributed by atoms with Crippen LogP contribution in [0.4, 0.5) is 5.82 Å². The topological polar surface area (TPSA) is 114 Å². The molecule has 3 heterocycles. The van der Waals surface area contributed by atoms with Crippen molar-refractivity contribution in [2.45, 2.75) is 65.1 Å². The second-order valence-electron chi connectivity index (χ2n) is 9.55. The maximum atomic E-state index is 11.9. The monoisotopic (exact) mass is 473 g/mol. The molecule has 0 unspecified atom stereocenters. The highest BCUT2D eigenvalue weighted by Crippen LogP contribution is 2.45. The van der Waals surface area contributed by atoms with Crippen LogP contribution in [0.15, 0.2) is 36.5 Å². The Labute approximate surface area is 196 Å². The van der Waals surface area contributed by atoms with Gasteiger partial charge in [-0.05, 0) is 48.7 Å². The van der Waals surface area contributed by atoms with Crippen molar-refractivity contribution in [2.24, 2.45) is 5.92 Å². The molecule has 2 atom stereocenters. The van der Waals surface area contributed by atoms with Crippen LogP contribution >= 0.6 is 0 Å². The normalized spacial score (nSPS) is 19.6. The summed E-state index contributed by atoms with van der Waals surface area (Å²) in [6, 6.07) is 0. The quantitative estimate of drug-likeness (QED) is 0.330. The molecule has 2 aromatic heterocycles. The molecule has 0 aromatic carbocycles. The molecule has 2 N–H and O–H groups in total. The fourth-order valence-corrected chi connectivity index (χ4v) is 5.91. The van der Waals surface area contributed by atoms with Crippen molar-refractivity contribution >= 4 is 31.3 Å². The number of ether oxygens (including phenoxy) is 2. The number of nitrogens with zero attached hydrogens (tertiary/aromatic N) is 4. The number of rotatable bonds is 9. The molecule has 9 nitrogen and oxygen atoms in total. The van der Waals surface area contributed by atoms with E-state index in [2.05, 4.69) is 55.7 Å². The number of hydrogen-bond acceptors (Lipinski definition) is 8. The highest BCUT2D eigenvalue weighted by atomic mass is 28.4. The van der Waals surface area contributed by atoms with Crippen LogP contribution in [-0.4, -0.2) is 53.1 Å². The Morgan fingerprint density at radius 3 is 2.73 bits per heavy atom. The van der Waals surface area contributed by atoms with Gasteiger partial charge in [-0.3, -0.25) is 4.57 Å². The van der Waals surface area contributed by atoms with Gasteiger partial charge in [0, 0.05) is 6.08 Å². The minimum Gasteiger partial charge on any atom is -0.463 e. The van der Waals surface area contributed by atoms with Gasteiger partial charge in [0.1, 0.15) is 17.9 Å². The third kappa shape index (κ3) is 5.18. The van der Waals surface area contributed by atoms with Gasteiger partial charge in [0.05, 0.1) is 19.5 Å². The van der Waals surface area contributed by atoms with Gasteiger partial charge in [-0.1, -0.05) is 27.7 Å². The number of fused-ring (bicyclic) bond motifs is 1. The number of anilines is 1. The molecule has 0 saturated heterocycles. The molecule has 2 aromatic rings. The maximum absolute atomic E-state index is 11.9. The van der Waals surface area contributed by atoms with E-state index in [1.165, 1.54) is 12.4 Å². The summed E-state index contributed by atoms with van der Waals surface area (Å²) in [5.74, 6) is 0.398. The Hall–Kier alpha value is -2.56. The molecule has 0 fully saturated rings. The minimum absolute atomic E-state index is 0.0741. The molecule has 3 rings (SSSR count). The van der Waals surface area contributed by atoms with Gasteiger partial charge in [0.25, 0.3) is 0 Å². The average molecular weight is 474 g/mol. The number of imidazole rings is 1. The molecule has 0 saturated carbocycles. The summed E-state index contributed by atoms with van der Waals surface area (Å²) in [6.07, 6.45) is 7.30. The highest BCUT2D eigenvalue weighted by molar-refractivity contribution is 6.74. The Morgan fingerprint density at radius 2 is 2.06 bits per heavy atom. The minimum atomic E-state index is -2.07. The molecular weight excluding hydrogens is 438 g/mol. The van der Waals surface area contributed by atoms with E-state index in [0.29, 0.717) is 36.1 Å². The van der Waals surface area contributed by atoms with E-state index in [9.17, 15) is 4.79 Å². The zero-order valence-corrected chi connectivity index (χ0v) is 21.5. The van der Waals surface area contributed by atoms with Crippen LogP contribution in [0, 0.1) is 5.92 Å². The Balaban J connectivity index is 1.86. The van der Waals surface area contributed by atoms with E-state index in [1.54, 1.807) is 23.9 Å². The van der Waals surface area contributed by atoms with Crippen molar-refractivity contribution in [3.8, 4) is 0 Å². The summed E-state index contributed by atoms with van der Waals surface area (Å²) in [6.45, 7) is 15.9. The van der Waals surface area contributed by atoms with Crippen LogP contribution in [0.5, 0.6) is 0 Å². The number of carbonyl (C=O) groups excluding carboxylic acids is 1. The molecular formula is C23H35N5O4Si. The smallest absolute Gasteiger partial charge is 0.330 e. The lowest BCUT2D eigenvalue weighted by Crippen LogP contribution is -2.46. The predicted octanol–water partition coefficient (Wildman–Crippen LogP) is 4.01. The van der Waals surface area contributed by atoms with Crippen LogP contribution in [-0.2, 0) is 18.7 Å². The SMILES string of the molecule is CCOC(=O)/C=C/C1=C[C@@H](n2cnc3c(N)ncnc32)O[C@H]1CO[Si](C)(C)C(C)(C)C(C)C. The molecule has 180 valence electrons. The van der Waals surface area contributed by atoms with Crippen molar-refractivity contribution in [3.63, 3.8) is 0 Å². The largest absolute Gasteiger partial charge is 0.463 e. The molecule has 1 aliphatic heterocycles. The zero-order valence-electron chi connectivity index (χ0n) is 20.5. The van der Waals surface area contributed by atoms with Gasteiger partial charge in [-0.15, -0.1) is 0 Å². The lowest BCUT2D eigenvalue weighted by Gasteiger charge is -2.43. The Morgan fingerprint density at radius 1 is 1.33 bits per heavy atom. The van der Waals surface area contributed by atoms with E-state index < -0.39 is 20.5 Å². The highest BCUT2D eigenvalue weighted by Gasteiger charge is 2.44. The number of aromatic nitrogens is 4. The first-order valence-electron chi connectivity index (χ1n) is 11.3. The van der Waals surface area contributed by atoms with Crippen molar-refractivity contribution in [2.75, 3.05) is 18.9 Å². The van der Waals surface area contributed by atoms with E-state index in [0.717, 1.165) is 5.57 Å². The second kappa shape index (κ2) is 9.74. The second-order valence-corrected chi connectivity index (χ2v) is 14.1. The third-order valence-corrected chi connectivity index (χ3v) is 11.5. The molecule has 33 heavy (non-hydrogen) atoms. The van der Waals surface area contributed by atoms with Gasteiger partial charge in [0.15, 0.2) is 26.0 Å². The van der Waals surface area contributed by atoms with Gasteiger partial charge >= 0.3 is 5.97 Å². The van der Waals surface area contributed by atoms with Gasteiger partial charge in [0.2, 0.25) is 0 Å². The zero-order chi connectivity index (χ0) is 24.4. The van der Waals surface area contributed by atoms with Gasteiger partial charge in [-0.25, -0.2) is 19.7 Å². The number of hydrogen-bond donors (Lipinski definition) is 1. The van der Waals surface area contributed by atoms with E-state index in [-0.39, 0.29) is 11.1 Å². The molecule has 0 aliphatic carbocycles. The van der Waals surface area contributed by atoms with Gasteiger partial charge < -0.3 is 19.6 Å². The van der Waals surface area contributed by atoms with E-state index in [4.69, 9.17) is 19.6 Å². The predicted molar refractivity (Wildman–Crippen MR) is 130 cm³/mol. The van der Waals surface area contributed by atoms with E-state index >= 15 is 0 Å². The summed E-state index contributed by atoms with van der Waals surface area (Å²) in [4.78, 5) is 24.5. The van der Waals surface area contributed by atoms with Gasteiger partial charge in [-0.2, -0.15) is 0 Å². The standard InChI is InChI=1S/C23H35N5O4Si/c1-8-30-19(29)10-9-16-11-18(28-14-27-20-21(24)25-13-26-22(20)28)32-17(16)12-31-33(6,7)23(4,5)15(2)3/h9-11,13-15,17-18H,8,12H2,1-7H3,(H2,24,25,26)/b10-9+/t17-,18-/m0/s1. The molecule has 10 heteroatoms. The summed E-state index contributed by atoms with van der Waals surface area (Å²) >= 11 is 0. The number of nitrogens with two attached hydrogens (primary N) is 1. The summed E-state index contributed by atoms with van der Waals surface area (Å²) < 4.78 is 19.7. The first kappa shape index (κ1) is 25.1. The van der Waals surface area contributed by atoms with Crippen LogP contribution < -0.4 is 5.73 Å². The fraction of sp³-hybridized carbons (Fsp3) is 0.565. The molecule has 1 aliphatic rings. The molecule has 0 bridgehead atoms. The Kier molecular flexibility index (Phi) is 7.40. The fourth-order valence-electron chi connectivity index (χ4n) is 3.58. The average Bonchev–Trinajstić information content (AvgIpc) is 3.35. The maximum Gasteiger partial charge on any atom is 0.330 e. The van der Waals surface area contributed by atoms with Crippen LogP contribution in [0.25, 0.3) is 11.2 Å². The summed E-state index contributed by atoms with van der Waals surface area (Å²) in [5.41, 5.74) is 7.87. The summed E-state index contributed by atoms with van der Waals surface area (Å²) in [5, 5.41) is 0.0741. The number of nitrogen functional groups attached to an aromatic ring is 1. The molecule has 0 radical (unpaired) electrons. The van der Waals surface area contributed by atoms with Crippen LogP contribution in [0.1, 0.15) is 40.8 Å². The number of esters is 1. The van der Waals surface area contributed by atoms with Crippen molar-refractivity contribution in [1.82, 2.24) is 19.5 Å². The van der Waals surface area contributed by atoms with Crippen molar-refractivity contribution < 1.29 is 18.7 Å². The van der Waals surface area contributed by atoms with Crippen molar-refractivity contribution in [3.05, 3.63) is 36.5 Å². The van der Waals surface area contributed by atoms with E-state index in [1.807, 2.05) is 6.08 Å².